The second-order valence-corrected chi connectivity index (χ2v) is 7.80. The maximum Gasteiger partial charge on any atom is 0.416 e. The molecular weight excluding hydrogens is 409 g/mol. The minimum Gasteiger partial charge on any atom is -0.379 e. The first-order chi connectivity index (χ1) is 14.8. The van der Waals surface area contributed by atoms with Crippen molar-refractivity contribution in [3.05, 3.63) is 46.8 Å². The van der Waals surface area contributed by atoms with Crippen LogP contribution in [0.3, 0.4) is 0 Å². The van der Waals surface area contributed by atoms with E-state index in [1.165, 1.54) is 10.7 Å². The van der Waals surface area contributed by atoms with E-state index in [1.54, 1.807) is 19.9 Å². The number of carbonyl (C=O) groups is 1. The number of nitrogens with zero attached hydrogens (tertiary/aromatic N) is 3. The summed E-state index contributed by atoms with van der Waals surface area (Å²) in [7, 11) is 0. The quantitative estimate of drug-likeness (QED) is 0.643. The highest BCUT2D eigenvalue weighted by Gasteiger charge is 2.30. The zero-order valence-electron chi connectivity index (χ0n) is 18.0. The SMILES string of the molecule is Cc1nn(-c2cccc(C(F)(F)F)c2)c(C)c1CC(=O)NCCCCN1CCOCC1. The van der Waals surface area contributed by atoms with Crippen molar-refractivity contribution in [3.8, 4) is 5.69 Å². The van der Waals surface area contributed by atoms with Gasteiger partial charge < -0.3 is 10.1 Å². The first kappa shape index (κ1) is 23.3. The zero-order chi connectivity index (χ0) is 22.4. The molecule has 1 saturated heterocycles. The van der Waals surface area contributed by atoms with Gasteiger partial charge >= 0.3 is 6.18 Å². The van der Waals surface area contributed by atoms with E-state index >= 15 is 0 Å². The van der Waals surface area contributed by atoms with Gasteiger partial charge in [0.25, 0.3) is 0 Å². The lowest BCUT2D eigenvalue weighted by Crippen LogP contribution is -2.37. The van der Waals surface area contributed by atoms with E-state index in [2.05, 4.69) is 15.3 Å². The molecule has 0 bridgehead atoms. The minimum atomic E-state index is -4.42. The normalized spacial score (nSPS) is 15.3. The molecule has 2 aromatic rings. The van der Waals surface area contributed by atoms with Crippen LogP contribution in [0.1, 0.15) is 35.4 Å². The van der Waals surface area contributed by atoms with Gasteiger partial charge in [-0.2, -0.15) is 18.3 Å². The highest BCUT2D eigenvalue weighted by Crippen LogP contribution is 2.30. The summed E-state index contributed by atoms with van der Waals surface area (Å²) in [6.07, 6.45) is -2.37. The van der Waals surface area contributed by atoms with Crippen molar-refractivity contribution < 1.29 is 22.7 Å². The summed E-state index contributed by atoms with van der Waals surface area (Å²) in [4.78, 5) is 14.8. The molecule has 1 aromatic heterocycles. The van der Waals surface area contributed by atoms with Crippen LogP contribution in [0.5, 0.6) is 0 Å². The predicted molar refractivity (Wildman–Crippen MR) is 111 cm³/mol. The number of halogens is 3. The molecule has 1 N–H and O–H groups in total. The molecule has 1 fully saturated rings. The molecule has 9 heteroatoms. The molecule has 0 saturated carbocycles. The van der Waals surface area contributed by atoms with E-state index < -0.39 is 11.7 Å². The summed E-state index contributed by atoms with van der Waals surface area (Å²) in [5.41, 5.74) is 1.64. The Morgan fingerprint density at radius 2 is 1.94 bits per heavy atom. The number of morpholine rings is 1. The number of alkyl halides is 3. The van der Waals surface area contributed by atoms with Crippen LogP contribution in [-0.2, 0) is 22.1 Å². The Morgan fingerprint density at radius 1 is 1.19 bits per heavy atom. The standard InChI is InChI=1S/C22H29F3N4O2/c1-16-20(15-21(30)26-8-3-4-9-28-10-12-31-13-11-28)17(2)29(27-16)19-7-5-6-18(14-19)22(23,24)25/h5-7,14H,3-4,8-13,15H2,1-2H3,(H,26,30). The molecule has 1 aliphatic rings. The molecule has 0 unspecified atom stereocenters. The summed E-state index contributed by atoms with van der Waals surface area (Å²) in [6.45, 7) is 8.62. The Bertz CT molecular complexity index is 889. The lowest BCUT2D eigenvalue weighted by molar-refractivity contribution is -0.137. The summed E-state index contributed by atoms with van der Waals surface area (Å²) < 4.78 is 45.9. The van der Waals surface area contributed by atoms with Crippen molar-refractivity contribution in [3.63, 3.8) is 0 Å². The molecule has 0 aliphatic carbocycles. The number of nitrogens with one attached hydrogen (secondary N) is 1. The molecule has 6 nitrogen and oxygen atoms in total. The van der Waals surface area contributed by atoms with Crippen molar-refractivity contribution in [1.82, 2.24) is 20.0 Å². The Kier molecular flexibility index (Phi) is 7.72. The van der Waals surface area contributed by atoms with Gasteiger partial charge in [0.1, 0.15) is 0 Å². The molecule has 1 aromatic carbocycles. The van der Waals surface area contributed by atoms with Crippen LogP contribution in [0.2, 0.25) is 0 Å². The summed E-state index contributed by atoms with van der Waals surface area (Å²) in [5.74, 6) is -0.110. The van der Waals surface area contributed by atoms with Gasteiger partial charge in [0, 0.05) is 30.9 Å². The fourth-order valence-corrected chi connectivity index (χ4v) is 3.73. The molecule has 0 spiro atoms. The van der Waals surface area contributed by atoms with Crippen LogP contribution >= 0.6 is 0 Å². The van der Waals surface area contributed by atoms with Crippen LogP contribution in [0.15, 0.2) is 24.3 Å². The van der Waals surface area contributed by atoms with Crippen LogP contribution in [0, 0.1) is 13.8 Å². The number of aryl methyl sites for hydroxylation is 1. The number of amides is 1. The molecule has 2 heterocycles. The van der Waals surface area contributed by atoms with Crippen molar-refractivity contribution in [2.24, 2.45) is 0 Å². The number of carbonyl (C=O) groups excluding carboxylic acids is 1. The van der Waals surface area contributed by atoms with Crippen molar-refractivity contribution in [1.29, 1.82) is 0 Å². The fraction of sp³-hybridized carbons (Fsp3) is 0.545. The predicted octanol–water partition coefficient (Wildman–Crippen LogP) is 3.28. The topological polar surface area (TPSA) is 59.4 Å². The second kappa shape index (κ2) is 10.3. The Morgan fingerprint density at radius 3 is 2.65 bits per heavy atom. The molecule has 0 radical (unpaired) electrons. The summed E-state index contributed by atoms with van der Waals surface area (Å²) in [5, 5.41) is 7.31. The Hall–Kier alpha value is -2.39. The number of ether oxygens (including phenoxy) is 1. The van der Waals surface area contributed by atoms with E-state index in [9.17, 15) is 18.0 Å². The van der Waals surface area contributed by atoms with E-state index in [-0.39, 0.29) is 12.3 Å². The minimum absolute atomic E-state index is 0.110. The third-order valence-corrected chi connectivity index (χ3v) is 5.52. The molecule has 0 atom stereocenters. The second-order valence-electron chi connectivity index (χ2n) is 7.80. The Balaban J connectivity index is 1.54. The number of hydrogen-bond donors (Lipinski definition) is 1. The van der Waals surface area contributed by atoms with Gasteiger partial charge in [0.15, 0.2) is 0 Å². The number of benzene rings is 1. The van der Waals surface area contributed by atoms with Gasteiger partial charge in [0.05, 0.1) is 36.6 Å². The van der Waals surface area contributed by atoms with Crippen LogP contribution in [-0.4, -0.2) is 60.0 Å². The molecule has 3 rings (SSSR count). The lowest BCUT2D eigenvalue weighted by Gasteiger charge is -2.26. The molecular formula is C22H29F3N4O2. The maximum atomic E-state index is 13.0. The van der Waals surface area contributed by atoms with E-state index in [4.69, 9.17) is 4.74 Å². The highest BCUT2D eigenvalue weighted by molar-refractivity contribution is 5.79. The van der Waals surface area contributed by atoms with Crippen LogP contribution in [0.4, 0.5) is 13.2 Å². The van der Waals surface area contributed by atoms with Gasteiger partial charge in [-0.25, -0.2) is 4.68 Å². The molecule has 1 amide bonds. The monoisotopic (exact) mass is 438 g/mol. The summed E-state index contributed by atoms with van der Waals surface area (Å²) >= 11 is 0. The van der Waals surface area contributed by atoms with E-state index in [0.717, 1.165) is 63.4 Å². The Labute approximate surface area is 180 Å². The molecule has 1 aliphatic heterocycles. The average Bonchev–Trinajstić information content (AvgIpc) is 3.02. The van der Waals surface area contributed by atoms with Crippen molar-refractivity contribution >= 4 is 5.91 Å². The third-order valence-electron chi connectivity index (χ3n) is 5.52. The van der Waals surface area contributed by atoms with E-state index in [1.807, 2.05) is 0 Å². The summed E-state index contributed by atoms with van der Waals surface area (Å²) in [6, 6.07) is 5.03. The van der Waals surface area contributed by atoms with Gasteiger partial charge in [-0.15, -0.1) is 0 Å². The lowest BCUT2D eigenvalue weighted by atomic mass is 10.1. The first-order valence-electron chi connectivity index (χ1n) is 10.5. The highest BCUT2D eigenvalue weighted by atomic mass is 19.4. The van der Waals surface area contributed by atoms with Gasteiger partial charge in [0.2, 0.25) is 5.91 Å². The fourth-order valence-electron chi connectivity index (χ4n) is 3.73. The van der Waals surface area contributed by atoms with Gasteiger partial charge in [-0.05, 0) is 51.4 Å². The van der Waals surface area contributed by atoms with Gasteiger partial charge in [-0.3, -0.25) is 9.69 Å². The van der Waals surface area contributed by atoms with Gasteiger partial charge in [-0.1, -0.05) is 6.07 Å². The number of rotatable bonds is 8. The van der Waals surface area contributed by atoms with E-state index in [0.29, 0.717) is 23.6 Å². The van der Waals surface area contributed by atoms with Crippen molar-refractivity contribution in [2.75, 3.05) is 39.4 Å². The zero-order valence-corrected chi connectivity index (χ0v) is 18.0. The molecule has 170 valence electrons. The molecule has 31 heavy (non-hydrogen) atoms. The van der Waals surface area contributed by atoms with Crippen LogP contribution in [0.25, 0.3) is 5.69 Å². The average molecular weight is 438 g/mol. The maximum absolute atomic E-state index is 13.0. The van der Waals surface area contributed by atoms with Crippen molar-refractivity contribution in [2.45, 2.75) is 39.3 Å². The number of hydrogen-bond acceptors (Lipinski definition) is 4. The first-order valence-corrected chi connectivity index (χ1v) is 10.5. The number of unbranched alkanes of at least 4 members (excludes halogenated alkanes) is 1. The third kappa shape index (κ3) is 6.30. The number of aromatic nitrogens is 2. The smallest absolute Gasteiger partial charge is 0.379 e. The largest absolute Gasteiger partial charge is 0.416 e. The van der Waals surface area contributed by atoms with Crippen LogP contribution < -0.4 is 5.32 Å².